The summed E-state index contributed by atoms with van der Waals surface area (Å²) in [6, 6.07) is 16.6. The van der Waals surface area contributed by atoms with Crippen molar-refractivity contribution >= 4 is 39.0 Å². The van der Waals surface area contributed by atoms with E-state index in [1.807, 2.05) is 17.0 Å². The number of rotatable bonds is 8. The maximum absolute atomic E-state index is 11.8. The fraction of sp³-hybridized carbons (Fsp3) is 0.333. The summed E-state index contributed by atoms with van der Waals surface area (Å²) in [5.41, 5.74) is 2.25. The van der Waals surface area contributed by atoms with Crippen LogP contribution in [0.4, 0.5) is 11.5 Å². The number of hydrogen-bond donors (Lipinski definition) is 2. The minimum Gasteiger partial charge on any atom is -0.369 e. The van der Waals surface area contributed by atoms with Gasteiger partial charge in [-0.05, 0) is 60.7 Å². The van der Waals surface area contributed by atoms with Gasteiger partial charge >= 0.3 is 0 Å². The molecule has 0 aliphatic carbocycles. The Bertz CT molecular complexity index is 906. The van der Waals surface area contributed by atoms with Gasteiger partial charge < -0.3 is 15.5 Å². The first-order valence-electron chi connectivity index (χ1n) is 9.49. The first-order chi connectivity index (χ1) is 13.3. The maximum atomic E-state index is 11.8. The van der Waals surface area contributed by atoms with Crippen LogP contribution in [0.25, 0.3) is 10.1 Å². The van der Waals surface area contributed by atoms with Crippen LogP contribution in [0, 0.1) is 0 Å². The third-order valence-corrected chi connectivity index (χ3v) is 5.68. The SMILES string of the molecule is O=C1CCCN1c1ccc(CNCCCNc2nsc3ccccc23)cc1. The van der Waals surface area contributed by atoms with Gasteiger partial charge in [-0.3, -0.25) is 4.79 Å². The van der Waals surface area contributed by atoms with E-state index in [1.54, 1.807) is 0 Å². The van der Waals surface area contributed by atoms with Crippen molar-refractivity contribution in [2.45, 2.75) is 25.8 Å². The second-order valence-corrected chi connectivity index (χ2v) is 7.60. The molecule has 27 heavy (non-hydrogen) atoms. The Balaban J connectivity index is 1.17. The molecule has 140 valence electrons. The number of benzene rings is 2. The first-order valence-corrected chi connectivity index (χ1v) is 10.3. The average Bonchev–Trinajstić information content (AvgIpc) is 3.31. The summed E-state index contributed by atoms with van der Waals surface area (Å²) in [5.74, 6) is 1.23. The fourth-order valence-corrected chi connectivity index (χ4v) is 4.14. The van der Waals surface area contributed by atoms with Gasteiger partial charge in [-0.2, -0.15) is 4.37 Å². The van der Waals surface area contributed by atoms with Gasteiger partial charge in [-0.25, -0.2) is 0 Å². The Kier molecular flexibility index (Phi) is 5.65. The van der Waals surface area contributed by atoms with Gasteiger partial charge in [-0.1, -0.05) is 24.3 Å². The summed E-state index contributed by atoms with van der Waals surface area (Å²) in [4.78, 5) is 13.7. The lowest BCUT2D eigenvalue weighted by atomic mass is 10.2. The van der Waals surface area contributed by atoms with E-state index in [1.165, 1.54) is 27.2 Å². The molecule has 1 saturated heterocycles. The molecule has 4 rings (SSSR count). The van der Waals surface area contributed by atoms with E-state index in [0.717, 1.165) is 50.5 Å². The highest BCUT2D eigenvalue weighted by molar-refractivity contribution is 7.13. The van der Waals surface area contributed by atoms with Crippen LogP contribution in [-0.2, 0) is 11.3 Å². The molecule has 1 fully saturated rings. The molecule has 0 atom stereocenters. The maximum Gasteiger partial charge on any atom is 0.227 e. The van der Waals surface area contributed by atoms with Crippen LogP contribution in [0.1, 0.15) is 24.8 Å². The van der Waals surface area contributed by atoms with E-state index in [2.05, 4.69) is 51.4 Å². The molecule has 2 N–H and O–H groups in total. The van der Waals surface area contributed by atoms with Gasteiger partial charge in [0.15, 0.2) is 0 Å². The predicted octanol–water partition coefficient (Wildman–Crippen LogP) is 4.01. The average molecular weight is 381 g/mol. The van der Waals surface area contributed by atoms with Gasteiger partial charge in [0, 0.05) is 37.1 Å². The van der Waals surface area contributed by atoms with Gasteiger partial charge in [0.1, 0.15) is 5.82 Å². The van der Waals surface area contributed by atoms with Crippen molar-refractivity contribution in [3.05, 3.63) is 54.1 Å². The van der Waals surface area contributed by atoms with Crippen molar-refractivity contribution < 1.29 is 4.79 Å². The van der Waals surface area contributed by atoms with Crippen LogP contribution in [0.15, 0.2) is 48.5 Å². The molecule has 3 aromatic rings. The molecule has 5 nitrogen and oxygen atoms in total. The molecular formula is C21H24N4OS. The Morgan fingerprint density at radius 3 is 2.74 bits per heavy atom. The highest BCUT2D eigenvalue weighted by Gasteiger charge is 2.21. The lowest BCUT2D eigenvalue weighted by Crippen LogP contribution is -2.23. The zero-order chi connectivity index (χ0) is 18.5. The van der Waals surface area contributed by atoms with Crippen LogP contribution in [0.3, 0.4) is 0 Å². The summed E-state index contributed by atoms with van der Waals surface area (Å²) < 4.78 is 5.71. The number of fused-ring (bicyclic) bond motifs is 1. The number of aromatic nitrogens is 1. The van der Waals surface area contributed by atoms with Crippen LogP contribution < -0.4 is 15.5 Å². The van der Waals surface area contributed by atoms with E-state index in [4.69, 9.17) is 0 Å². The Labute approximate surface area is 163 Å². The third-order valence-electron chi connectivity index (χ3n) is 4.85. The summed E-state index contributed by atoms with van der Waals surface area (Å²) in [6.07, 6.45) is 2.67. The van der Waals surface area contributed by atoms with Crippen molar-refractivity contribution in [1.82, 2.24) is 9.69 Å². The van der Waals surface area contributed by atoms with Gasteiger partial charge in [0.05, 0.1) is 4.70 Å². The number of amides is 1. The molecule has 1 aliphatic heterocycles. The molecule has 1 aliphatic rings. The molecule has 0 unspecified atom stereocenters. The van der Waals surface area contributed by atoms with Crippen molar-refractivity contribution in [2.75, 3.05) is 29.9 Å². The number of nitrogens with zero attached hydrogens (tertiary/aromatic N) is 2. The largest absolute Gasteiger partial charge is 0.369 e. The highest BCUT2D eigenvalue weighted by Crippen LogP contribution is 2.26. The standard InChI is InChI=1S/C21H24N4OS/c26-20-7-3-14-25(20)17-10-8-16(9-11-17)15-22-12-4-13-23-21-18-5-1-2-6-19(18)27-24-21/h1-2,5-6,8-11,22H,3-4,7,12-15H2,(H,23,24). The van der Waals surface area contributed by atoms with E-state index in [0.29, 0.717) is 6.42 Å². The topological polar surface area (TPSA) is 57.3 Å². The molecule has 0 bridgehead atoms. The van der Waals surface area contributed by atoms with Crippen LogP contribution in [0.2, 0.25) is 0 Å². The monoisotopic (exact) mass is 380 g/mol. The molecule has 6 heteroatoms. The Morgan fingerprint density at radius 2 is 1.93 bits per heavy atom. The van der Waals surface area contributed by atoms with Crippen LogP contribution in [0.5, 0.6) is 0 Å². The first kappa shape index (κ1) is 17.9. The number of hydrogen-bond acceptors (Lipinski definition) is 5. The third kappa shape index (κ3) is 4.28. The smallest absolute Gasteiger partial charge is 0.227 e. The Morgan fingerprint density at radius 1 is 1.07 bits per heavy atom. The second-order valence-electron chi connectivity index (χ2n) is 6.80. The zero-order valence-corrected chi connectivity index (χ0v) is 16.1. The molecule has 0 spiro atoms. The molecule has 2 aromatic carbocycles. The highest BCUT2D eigenvalue weighted by atomic mass is 32.1. The van der Waals surface area contributed by atoms with Gasteiger partial charge in [-0.15, -0.1) is 0 Å². The predicted molar refractivity (Wildman–Crippen MR) is 112 cm³/mol. The number of nitrogens with one attached hydrogen (secondary N) is 2. The lowest BCUT2D eigenvalue weighted by molar-refractivity contribution is -0.117. The Hall–Kier alpha value is -2.44. The minimum absolute atomic E-state index is 0.237. The molecular weight excluding hydrogens is 356 g/mol. The normalized spacial score (nSPS) is 14.2. The van der Waals surface area contributed by atoms with Crippen molar-refractivity contribution in [2.24, 2.45) is 0 Å². The van der Waals surface area contributed by atoms with E-state index < -0.39 is 0 Å². The molecule has 1 aromatic heterocycles. The van der Waals surface area contributed by atoms with E-state index in [-0.39, 0.29) is 5.91 Å². The second kappa shape index (κ2) is 8.50. The molecule has 1 amide bonds. The van der Waals surface area contributed by atoms with Gasteiger partial charge in [0.25, 0.3) is 0 Å². The number of anilines is 2. The quantitative estimate of drug-likeness (QED) is 0.580. The van der Waals surface area contributed by atoms with Crippen molar-refractivity contribution in [1.29, 1.82) is 0 Å². The lowest BCUT2D eigenvalue weighted by Gasteiger charge is -2.16. The zero-order valence-electron chi connectivity index (χ0n) is 15.3. The number of carbonyl (C=O) groups excluding carboxylic acids is 1. The summed E-state index contributed by atoms with van der Waals surface area (Å²) in [5, 5.41) is 8.11. The van der Waals surface area contributed by atoms with Crippen LogP contribution >= 0.6 is 11.5 Å². The molecule has 0 saturated carbocycles. The van der Waals surface area contributed by atoms with Gasteiger partial charge in [0.2, 0.25) is 5.91 Å². The molecule has 0 radical (unpaired) electrons. The summed E-state index contributed by atoms with van der Waals surface area (Å²) in [6.45, 7) is 3.53. The van der Waals surface area contributed by atoms with Crippen molar-refractivity contribution in [3.8, 4) is 0 Å². The molecule has 2 heterocycles. The van der Waals surface area contributed by atoms with Crippen molar-refractivity contribution in [3.63, 3.8) is 0 Å². The van der Waals surface area contributed by atoms with Crippen LogP contribution in [-0.4, -0.2) is 29.9 Å². The van der Waals surface area contributed by atoms with E-state index >= 15 is 0 Å². The van der Waals surface area contributed by atoms with E-state index in [9.17, 15) is 4.79 Å². The fourth-order valence-electron chi connectivity index (χ4n) is 3.38. The summed E-state index contributed by atoms with van der Waals surface area (Å²) in [7, 11) is 0. The summed E-state index contributed by atoms with van der Waals surface area (Å²) >= 11 is 1.54. The number of carbonyl (C=O) groups is 1. The minimum atomic E-state index is 0.237.